The minimum Gasteiger partial charge on any atom is -0.489 e. The summed E-state index contributed by atoms with van der Waals surface area (Å²) in [5.41, 5.74) is 11.1. The van der Waals surface area contributed by atoms with Crippen LogP contribution >= 0.6 is 12.2 Å². The van der Waals surface area contributed by atoms with Gasteiger partial charge in [-0.15, -0.1) is 0 Å². The minimum atomic E-state index is 0.144. The summed E-state index contributed by atoms with van der Waals surface area (Å²) in [7, 11) is 2.16. The lowest BCUT2D eigenvalue weighted by Gasteiger charge is -2.34. The summed E-state index contributed by atoms with van der Waals surface area (Å²) in [6, 6.07) is 16.3. The molecule has 2 aromatic rings. The number of benzene rings is 2. The molecule has 1 heterocycles. The summed E-state index contributed by atoms with van der Waals surface area (Å²) < 4.78 is 6.00. The fraction of sp³-hybridized carbons (Fsp3) is 0.300. The standard InChI is InChI=1S/C20H25N5OS/c1-24-8-10-25(11-9-24)18-6-3-7-19(13-18)26-15-17-5-2-4-16(12-17)14-22-23-20(21)27/h2-7,12-14H,8-11,15H2,1H3,(H3,21,23,27)/b22-14+. The average Bonchev–Trinajstić information content (AvgIpc) is 2.67. The minimum absolute atomic E-state index is 0.144. The zero-order valence-electron chi connectivity index (χ0n) is 15.5. The summed E-state index contributed by atoms with van der Waals surface area (Å²) >= 11 is 4.72. The van der Waals surface area contributed by atoms with Crippen molar-refractivity contribution in [1.29, 1.82) is 0 Å². The van der Waals surface area contributed by atoms with Gasteiger partial charge in [-0.3, -0.25) is 5.43 Å². The van der Waals surface area contributed by atoms with Gasteiger partial charge in [-0.25, -0.2) is 0 Å². The van der Waals surface area contributed by atoms with E-state index < -0.39 is 0 Å². The Bertz CT molecular complexity index is 802. The van der Waals surface area contributed by atoms with Crippen molar-refractivity contribution in [2.75, 3.05) is 38.1 Å². The molecule has 7 heteroatoms. The van der Waals surface area contributed by atoms with Gasteiger partial charge in [0.15, 0.2) is 5.11 Å². The first-order valence-electron chi connectivity index (χ1n) is 8.94. The second kappa shape index (κ2) is 9.34. The van der Waals surface area contributed by atoms with Crippen LogP contribution in [0.3, 0.4) is 0 Å². The van der Waals surface area contributed by atoms with Gasteiger partial charge in [-0.2, -0.15) is 5.10 Å². The molecule has 3 N–H and O–H groups in total. The molecule has 0 bridgehead atoms. The number of likely N-dealkylation sites (N-methyl/N-ethyl adjacent to an activating group) is 1. The number of nitrogens with zero attached hydrogens (tertiary/aromatic N) is 3. The van der Waals surface area contributed by atoms with E-state index in [4.69, 9.17) is 22.7 Å². The highest BCUT2D eigenvalue weighted by molar-refractivity contribution is 7.80. The molecule has 0 spiro atoms. The van der Waals surface area contributed by atoms with Crippen molar-refractivity contribution in [3.63, 3.8) is 0 Å². The number of hydrazone groups is 1. The normalized spacial score (nSPS) is 15.1. The molecule has 2 aromatic carbocycles. The Morgan fingerprint density at radius 2 is 1.96 bits per heavy atom. The third-order valence-corrected chi connectivity index (χ3v) is 4.52. The van der Waals surface area contributed by atoms with Gasteiger partial charge in [0.2, 0.25) is 0 Å². The Morgan fingerprint density at radius 1 is 1.19 bits per heavy atom. The summed E-state index contributed by atoms with van der Waals surface area (Å²) in [5, 5.41) is 4.12. The molecule has 142 valence electrons. The lowest BCUT2D eigenvalue weighted by atomic mass is 10.1. The molecule has 0 aromatic heterocycles. The van der Waals surface area contributed by atoms with Crippen molar-refractivity contribution in [3.8, 4) is 5.75 Å². The van der Waals surface area contributed by atoms with Gasteiger partial charge in [0, 0.05) is 37.9 Å². The molecule has 0 atom stereocenters. The summed E-state index contributed by atoms with van der Waals surface area (Å²) in [6.07, 6.45) is 1.68. The topological polar surface area (TPSA) is 66.1 Å². The van der Waals surface area contributed by atoms with E-state index in [-0.39, 0.29) is 5.11 Å². The maximum atomic E-state index is 6.00. The predicted octanol–water partition coefficient (Wildman–Crippen LogP) is 2.18. The summed E-state index contributed by atoms with van der Waals surface area (Å²) in [4.78, 5) is 4.75. The SMILES string of the molecule is CN1CCN(c2cccc(OCc3cccc(/C=N/NC(N)=S)c3)c2)CC1. The van der Waals surface area contributed by atoms with Crippen LogP contribution in [0, 0.1) is 0 Å². The Labute approximate surface area is 165 Å². The van der Waals surface area contributed by atoms with Crippen LogP contribution in [0.5, 0.6) is 5.75 Å². The lowest BCUT2D eigenvalue weighted by molar-refractivity contribution is 0.304. The van der Waals surface area contributed by atoms with E-state index in [2.05, 4.69) is 39.5 Å². The molecule has 0 aliphatic carbocycles. The molecule has 0 amide bonds. The van der Waals surface area contributed by atoms with E-state index in [0.29, 0.717) is 6.61 Å². The smallest absolute Gasteiger partial charge is 0.184 e. The van der Waals surface area contributed by atoms with Crippen LogP contribution in [0.15, 0.2) is 53.6 Å². The number of thiocarbonyl (C=S) groups is 1. The van der Waals surface area contributed by atoms with Gasteiger partial charge in [-0.05, 0) is 48.6 Å². The summed E-state index contributed by atoms with van der Waals surface area (Å²) in [6.45, 7) is 4.76. The molecule has 1 aliphatic rings. The largest absolute Gasteiger partial charge is 0.489 e. The molecular formula is C20H25N5OS. The molecule has 1 fully saturated rings. The van der Waals surface area contributed by atoms with Crippen molar-refractivity contribution in [1.82, 2.24) is 10.3 Å². The number of hydrogen-bond acceptors (Lipinski definition) is 5. The molecular weight excluding hydrogens is 358 g/mol. The van der Waals surface area contributed by atoms with E-state index in [9.17, 15) is 0 Å². The highest BCUT2D eigenvalue weighted by Gasteiger charge is 2.14. The second-order valence-corrected chi connectivity index (χ2v) is 7.00. The first-order valence-corrected chi connectivity index (χ1v) is 9.35. The Kier molecular flexibility index (Phi) is 6.62. The van der Waals surface area contributed by atoms with E-state index in [1.165, 1.54) is 5.69 Å². The van der Waals surface area contributed by atoms with E-state index in [1.54, 1.807) is 6.21 Å². The van der Waals surface area contributed by atoms with Crippen molar-refractivity contribution in [3.05, 3.63) is 59.7 Å². The maximum Gasteiger partial charge on any atom is 0.184 e. The molecule has 3 rings (SSSR count). The van der Waals surface area contributed by atoms with Gasteiger partial charge in [0.05, 0.1) is 6.21 Å². The molecule has 0 radical (unpaired) electrons. The number of rotatable bonds is 6. The highest BCUT2D eigenvalue weighted by Crippen LogP contribution is 2.23. The number of nitrogens with one attached hydrogen (secondary N) is 1. The molecule has 0 unspecified atom stereocenters. The van der Waals surface area contributed by atoms with Crippen LogP contribution in [0.1, 0.15) is 11.1 Å². The molecule has 0 saturated carbocycles. The molecule has 27 heavy (non-hydrogen) atoms. The van der Waals surface area contributed by atoms with Crippen molar-refractivity contribution in [2.45, 2.75) is 6.61 Å². The number of anilines is 1. The molecule has 6 nitrogen and oxygen atoms in total. The summed E-state index contributed by atoms with van der Waals surface area (Å²) in [5.74, 6) is 0.876. The third kappa shape index (κ3) is 5.94. The first-order chi connectivity index (χ1) is 13.1. The van der Waals surface area contributed by atoms with Gasteiger partial charge in [-0.1, -0.05) is 24.3 Å². The monoisotopic (exact) mass is 383 g/mol. The highest BCUT2D eigenvalue weighted by atomic mass is 32.1. The lowest BCUT2D eigenvalue weighted by Crippen LogP contribution is -2.44. The molecule has 1 aliphatic heterocycles. The van der Waals surface area contributed by atoms with Gasteiger partial charge in [0.25, 0.3) is 0 Å². The van der Waals surface area contributed by atoms with Crippen molar-refractivity contribution < 1.29 is 4.74 Å². The van der Waals surface area contributed by atoms with Gasteiger partial charge >= 0.3 is 0 Å². The van der Waals surface area contributed by atoms with Crippen LogP contribution < -0.4 is 20.8 Å². The Hall–Kier alpha value is -2.64. The maximum absolute atomic E-state index is 6.00. The van der Waals surface area contributed by atoms with Crippen LogP contribution in [0.4, 0.5) is 5.69 Å². The van der Waals surface area contributed by atoms with Crippen LogP contribution in [0.2, 0.25) is 0 Å². The Balaban J connectivity index is 1.59. The fourth-order valence-electron chi connectivity index (χ4n) is 2.93. The van der Waals surface area contributed by atoms with Gasteiger partial charge < -0.3 is 20.3 Å². The van der Waals surface area contributed by atoms with Crippen molar-refractivity contribution >= 4 is 29.2 Å². The third-order valence-electron chi connectivity index (χ3n) is 4.43. The zero-order chi connectivity index (χ0) is 19.1. The van der Waals surface area contributed by atoms with Crippen LogP contribution in [-0.2, 0) is 6.61 Å². The number of hydrogen-bond donors (Lipinski definition) is 2. The van der Waals surface area contributed by atoms with E-state index in [1.807, 2.05) is 36.4 Å². The number of nitrogens with two attached hydrogens (primary N) is 1. The van der Waals surface area contributed by atoms with Gasteiger partial charge in [0.1, 0.15) is 12.4 Å². The Morgan fingerprint density at radius 3 is 2.74 bits per heavy atom. The first kappa shape index (κ1) is 19.1. The zero-order valence-corrected chi connectivity index (χ0v) is 16.3. The second-order valence-electron chi connectivity index (χ2n) is 6.56. The van der Waals surface area contributed by atoms with E-state index in [0.717, 1.165) is 43.1 Å². The molecule has 1 saturated heterocycles. The number of ether oxygens (including phenoxy) is 1. The van der Waals surface area contributed by atoms with Crippen molar-refractivity contribution in [2.24, 2.45) is 10.8 Å². The van der Waals surface area contributed by atoms with E-state index >= 15 is 0 Å². The fourth-order valence-corrected chi connectivity index (χ4v) is 2.99. The number of piperazine rings is 1. The predicted molar refractivity (Wildman–Crippen MR) is 114 cm³/mol. The van der Waals surface area contributed by atoms with Crippen LogP contribution in [0.25, 0.3) is 0 Å². The quantitative estimate of drug-likeness (QED) is 0.453. The average molecular weight is 384 g/mol. The van der Waals surface area contributed by atoms with Crippen LogP contribution in [-0.4, -0.2) is 49.5 Å².